The Balaban J connectivity index is 1.84. The maximum atomic E-state index is 12.5. The van der Waals surface area contributed by atoms with Crippen molar-refractivity contribution in [1.82, 2.24) is 10.6 Å². The van der Waals surface area contributed by atoms with Crippen LogP contribution in [0.2, 0.25) is 0 Å². The van der Waals surface area contributed by atoms with Gasteiger partial charge in [-0.15, -0.1) is 0 Å². The van der Waals surface area contributed by atoms with Crippen molar-refractivity contribution in [3.63, 3.8) is 0 Å². The minimum absolute atomic E-state index is 0.333. The van der Waals surface area contributed by atoms with Gasteiger partial charge in [0, 0.05) is 5.70 Å². The first-order chi connectivity index (χ1) is 13.6. The van der Waals surface area contributed by atoms with Crippen molar-refractivity contribution in [3.05, 3.63) is 71.4 Å². The third kappa shape index (κ3) is 2.26. The Morgan fingerprint density at radius 3 is 2.29 bits per heavy atom. The smallest absolute Gasteiger partial charge is 0.337 e. The lowest BCUT2D eigenvalue weighted by Gasteiger charge is -2.29. The third-order valence-corrected chi connectivity index (χ3v) is 5.55. The highest BCUT2D eigenvalue weighted by atomic mass is 16.5. The number of amides is 2. The summed E-state index contributed by atoms with van der Waals surface area (Å²) in [5.41, 5.74) is 1.80. The van der Waals surface area contributed by atoms with Crippen molar-refractivity contribution in [3.8, 4) is 0 Å². The highest BCUT2D eigenvalue weighted by molar-refractivity contribution is 6.23. The number of rotatable bonds is 2. The largest absolute Gasteiger partial charge is 0.466 e. The lowest BCUT2D eigenvalue weighted by Crippen LogP contribution is -2.45. The molecule has 1 aliphatic heterocycles. The number of carbonyl (C=O) groups excluding carboxylic acids is 2. The van der Waals surface area contributed by atoms with Gasteiger partial charge in [-0.3, -0.25) is 0 Å². The van der Waals surface area contributed by atoms with Crippen molar-refractivity contribution in [2.45, 2.75) is 13.0 Å². The van der Waals surface area contributed by atoms with Gasteiger partial charge in [0.1, 0.15) is 0 Å². The Morgan fingerprint density at radius 1 is 0.929 bits per heavy atom. The normalized spacial score (nSPS) is 17.2. The first kappa shape index (κ1) is 16.6. The van der Waals surface area contributed by atoms with Gasteiger partial charge >= 0.3 is 12.0 Å². The summed E-state index contributed by atoms with van der Waals surface area (Å²) in [6, 6.07) is 17.8. The summed E-state index contributed by atoms with van der Waals surface area (Å²) in [6.07, 6.45) is 0. The van der Waals surface area contributed by atoms with E-state index in [1.165, 1.54) is 23.3 Å². The van der Waals surface area contributed by atoms with Crippen molar-refractivity contribution in [2.75, 3.05) is 7.11 Å². The Labute approximate surface area is 161 Å². The van der Waals surface area contributed by atoms with Crippen LogP contribution in [0.25, 0.3) is 32.3 Å². The number of ether oxygens (including phenoxy) is 1. The maximum absolute atomic E-state index is 12.5. The molecule has 4 aromatic rings. The molecule has 0 aliphatic carbocycles. The van der Waals surface area contributed by atoms with Crippen LogP contribution in [0.1, 0.15) is 18.5 Å². The Morgan fingerprint density at radius 2 is 1.57 bits per heavy atom. The second-order valence-corrected chi connectivity index (χ2v) is 7.07. The zero-order valence-corrected chi connectivity index (χ0v) is 15.5. The summed E-state index contributed by atoms with van der Waals surface area (Å²) >= 11 is 0. The van der Waals surface area contributed by atoms with E-state index in [0.29, 0.717) is 11.3 Å². The number of urea groups is 1. The Kier molecular flexibility index (Phi) is 3.52. The van der Waals surface area contributed by atoms with E-state index in [1.54, 1.807) is 6.92 Å². The summed E-state index contributed by atoms with van der Waals surface area (Å²) in [5.74, 6) is -0.458. The molecule has 1 unspecified atom stereocenters. The second-order valence-electron chi connectivity index (χ2n) is 7.07. The van der Waals surface area contributed by atoms with Gasteiger partial charge in [0.15, 0.2) is 0 Å². The van der Waals surface area contributed by atoms with Crippen LogP contribution in [-0.4, -0.2) is 19.1 Å². The van der Waals surface area contributed by atoms with Crippen LogP contribution in [0.4, 0.5) is 4.79 Å². The van der Waals surface area contributed by atoms with Crippen molar-refractivity contribution < 1.29 is 14.3 Å². The van der Waals surface area contributed by atoms with Crippen LogP contribution >= 0.6 is 0 Å². The zero-order chi connectivity index (χ0) is 19.4. The topological polar surface area (TPSA) is 67.4 Å². The fourth-order valence-electron chi connectivity index (χ4n) is 4.32. The molecule has 28 heavy (non-hydrogen) atoms. The minimum atomic E-state index is -0.578. The number of hydrogen-bond acceptors (Lipinski definition) is 3. The van der Waals surface area contributed by atoms with Crippen LogP contribution < -0.4 is 10.6 Å². The van der Waals surface area contributed by atoms with Gasteiger partial charge in [-0.1, -0.05) is 54.6 Å². The molecule has 1 aliphatic rings. The first-order valence-electron chi connectivity index (χ1n) is 9.11. The van der Waals surface area contributed by atoms with Crippen LogP contribution in [0, 0.1) is 0 Å². The molecule has 2 amide bonds. The lowest BCUT2D eigenvalue weighted by molar-refractivity contribution is -0.136. The Bertz CT molecular complexity index is 1290. The van der Waals surface area contributed by atoms with Crippen LogP contribution in [0.5, 0.6) is 0 Å². The lowest BCUT2D eigenvalue weighted by atomic mass is 9.87. The molecule has 0 spiro atoms. The molecule has 0 saturated heterocycles. The van der Waals surface area contributed by atoms with Crippen LogP contribution in [0.15, 0.2) is 65.9 Å². The average Bonchev–Trinajstić information content (AvgIpc) is 2.71. The van der Waals surface area contributed by atoms with Crippen molar-refractivity contribution in [1.29, 1.82) is 0 Å². The number of esters is 1. The van der Waals surface area contributed by atoms with E-state index in [0.717, 1.165) is 21.7 Å². The van der Waals surface area contributed by atoms with Crippen LogP contribution in [0.3, 0.4) is 0 Å². The summed E-state index contributed by atoms with van der Waals surface area (Å²) in [7, 11) is 1.35. The maximum Gasteiger partial charge on any atom is 0.337 e. The molecular weight excluding hydrogens is 352 g/mol. The summed E-state index contributed by atoms with van der Waals surface area (Å²) in [5, 5.41) is 12.4. The molecule has 4 aromatic carbocycles. The first-order valence-corrected chi connectivity index (χ1v) is 9.11. The van der Waals surface area contributed by atoms with E-state index >= 15 is 0 Å². The number of benzene rings is 4. The summed E-state index contributed by atoms with van der Waals surface area (Å²) in [4.78, 5) is 24.6. The van der Waals surface area contributed by atoms with Gasteiger partial charge in [0.05, 0.1) is 18.7 Å². The number of hydrogen-bond donors (Lipinski definition) is 2. The van der Waals surface area contributed by atoms with Gasteiger partial charge in [0.2, 0.25) is 0 Å². The second kappa shape index (κ2) is 5.96. The SMILES string of the molecule is COC(=O)C1=C(C)NC(=O)NC1c1ccc2ccc3cccc4ccc1c2c34. The zero-order valence-electron chi connectivity index (χ0n) is 15.5. The minimum Gasteiger partial charge on any atom is -0.466 e. The van der Waals surface area contributed by atoms with E-state index < -0.39 is 12.0 Å². The third-order valence-electron chi connectivity index (χ3n) is 5.55. The summed E-state index contributed by atoms with van der Waals surface area (Å²) in [6.45, 7) is 1.72. The molecule has 2 N–H and O–H groups in total. The molecule has 1 heterocycles. The number of nitrogens with one attached hydrogen (secondary N) is 2. The predicted octanol–water partition coefficient (Wildman–Crippen LogP) is 4.38. The molecule has 138 valence electrons. The van der Waals surface area contributed by atoms with Gasteiger partial charge in [-0.2, -0.15) is 0 Å². The monoisotopic (exact) mass is 370 g/mol. The van der Waals surface area contributed by atoms with Gasteiger partial charge < -0.3 is 15.4 Å². The predicted molar refractivity (Wildman–Crippen MR) is 109 cm³/mol. The molecule has 0 fully saturated rings. The number of methoxy groups -OCH3 is 1. The molecule has 1 atom stereocenters. The number of allylic oxidation sites excluding steroid dienone is 1. The van der Waals surface area contributed by atoms with Gasteiger partial charge in [0.25, 0.3) is 0 Å². The highest BCUT2D eigenvalue weighted by Gasteiger charge is 2.33. The fraction of sp³-hybridized carbons (Fsp3) is 0.130. The molecule has 5 nitrogen and oxygen atoms in total. The molecular formula is C23H18N2O3. The molecule has 5 heteroatoms. The van der Waals surface area contributed by atoms with Gasteiger partial charge in [-0.05, 0) is 44.8 Å². The fourth-order valence-corrected chi connectivity index (χ4v) is 4.32. The highest BCUT2D eigenvalue weighted by Crippen LogP contribution is 2.39. The van der Waals surface area contributed by atoms with Gasteiger partial charge in [-0.25, -0.2) is 9.59 Å². The van der Waals surface area contributed by atoms with E-state index in [1.807, 2.05) is 12.1 Å². The quantitative estimate of drug-likeness (QED) is 0.406. The summed E-state index contributed by atoms with van der Waals surface area (Å²) < 4.78 is 4.98. The molecule has 0 bridgehead atoms. The molecule has 0 saturated carbocycles. The van der Waals surface area contributed by atoms with E-state index in [9.17, 15) is 9.59 Å². The van der Waals surface area contributed by atoms with Crippen molar-refractivity contribution in [2.24, 2.45) is 0 Å². The molecule has 0 aromatic heterocycles. The van der Waals surface area contributed by atoms with E-state index in [4.69, 9.17) is 4.74 Å². The Hall–Kier alpha value is -3.60. The molecule has 0 radical (unpaired) electrons. The standard InChI is InChI=1S/C23H18N2O3/c1-12-18(22(26)28-2)21(25-23(27)24-12)17-11-9-15-7-6-13-4-3-5-14-8-10-16(17)20(15)19(13)14/h3-11,21H,1-2H3,(H2,24,25,27). The average molecular weight is 370 g/mol. The number of carbonyl (C=O) groups is 2. The van der Waals surface area contributed by atoms with E-state index in [2.05, 4.69) is 53.1 Å². The van der Waals surface area contributed by atoms with Crippen LogP contribution in [-0.2, 0) is 9.53 Å². The van der Waals surface area contributed by atoms with E-state index in [-0.39, 0.29) is 6.03 Å². The molecule has 5 rings (SSSR count). The van der Waals surface area contributed by atoms with Crippen molar-refractivity contribution >= 4 is 44.3 Å².